The summed E-state index contributed by atoms with van der Waals surface area (Å²) in [7, 11) is 1.50. The second kappa shape index (κ2) is 6.46. The Balaban J connectivity index is 2.03. The molecule has 2 aromatic heterocycles. The molecular weight excluding hydrogens is 330 g/mol. The van der Waals surface area contributed by atoms with Crippen LogP contribution in [0.5, 0.6) is 5.75 Å². The fraction of sp³-hybridized carbons (Fsp3) is 0.235. The van der Waals surface area contributed by atoms with Crippen LogP contribution in [-0.4, -0.2) is 27.6 Å². The number of carbonyl (C=O) groups is 1. The SMILES string of the molecule is COc1ccc(C)cc1NC(=O)c1cnn2c(C(F)F)cc(C)nc12. The van der Waals surface area contributed by atoms with E-state index in [1.54, 1.807) is 19.1 Å². The van der Waals surface area contributed by atoms with Crippen LogP contribution < -0.4 is 10.1 Å². The Kier molecular flexibility index (Phi) is 4.35. The number of alkyl halides is 2. The number of hydrogen-bond donors (Lipinski definition) is 1. The topological polar surface area (TPSA) is 68.5 Å². The molecule has 0 aliphatic carbocycles. The molecule has 0 atom stereocenters. The number of rotatable bonds is 4. The van der Waals surface area contributed by atoms with Crippen molar-refractivity contribution in [2.24, 2.45) is 0 Å². The van der Waals surface area contributed by atoms with Gasteiger partial charge in [0.25, 0.3) is 12.3 Å². The van der Waals surface area contributed by atoms with Gasteiger partial charge in [0, 0.05) is 5.69 Å². The first-order valence-electron chi connectivity index (χ1n) is 7.50. The third-order valence-electron chi connectivity index (χ3n) is 3.70. The van der Waals surface area contributed by atoms with Crippen LogP contribution in [0.4, 0.5) is 14.5 Å². The summed E-state index contributed by atoms with van der Waals surface area (Å²) in [6.07, 6.45) is -1.50. The van der Waals surface area contributed by atoms with E-state index in [1.165, 1.54) is 19.4 Å². The molecule has 2 heterocycles. The van der Waals surface area contributed by atoms with Gasteiger partial charge in [0.2, 0.25) is 0 Å². The summed E-state index contributed by atoms with van der Waals surface area (Å²) in [6, 6.07) is 6.59. The Morgan fingerprint density at radius 2 is 2.04 bits per heavy atom. The van der Waals surface area contributed by atoms with Gasteiger partial charge >= 0.3 is 0 Å². The summed E-state index contributed by atoms with van der Waals surface area (Å²) >= 11 is 0. The van der Waals surface area contributed by atoms with E-state index in [9.17, 15) is 13.6 Å². The Morgan fingerprint density at radius 3 is 2.72 bits per heavy atom. The molecule has 6 nitrogen and oxygen atoms in total. The van der Waals surface area contributed by atoms with Crippen LogP contribution in [-0.2, 0) is 0 Å². The highest BCUT2D eigenvalue weighted by atomic mass is 19.3. The van der Waals surface area contributed by atoms with Gasteiger partial charge in [-0.3, -0.25) is 4.79 Å². The van der Waals surface area contributed by atoms with Gasteiger partial charge in [-0.1, -0.05) is 6.07 Å². The summed E-state index contributed by atoms with van der Waals surface area (Å²) in [5.74, 6) is -0.00921. The molecule has 0 radical (unpaired) electrons. The molecule has 3 rings (SSSR count). The van der Waals surface area contributed by atoms with Gasteiger partial charge in [-0.25, -0.2) is 18.3 Å². The van der Waals surface area contributed by atoms with E-state index in [0.717, 1.165) is 10.1 Å². The third-order valence-corrected chi connectivity index (χ3v) is 3.70. The number of nitrogens with zero attached hydrogens (tertiary/aromatic N) is 3. The van der Waals surface area contributed by atoms with Gasteiger partial charge in [-0.2, -0.15) is 5.10 Å². The molecule has 0 unspecified atom stereocenters. The fourth-order valence-electron chi connectivity index (χ4n) is 2.54. The summed E-state index contributed by atoms with van der Waals surface area (Å²) in [4.78, 5) is 16.8. The Morgan fingerprint density at radius 1 is 1.28 bits per heavy atom. The predicted molar refractivity (Wildman–Crippen MR) is 88.4 cm³/mol. The van der Waals surface area contributed by atoms with Crippen molar-refractivity contribution in [1.82, 2.24) is 14.6 Å². The predicted octanol–water partition coefficient (Wildman–Crippen LogP) is 3.54. The highest BCUT2D eigenvalue weighted by molar-refractivity contribution is 6.08. The van der Waals surface area contributed by atoms with Crippen LogP contribution in [0.2, 0.25) is 0 Å². The number of hydrogen-bond acceptors (Lipinski definition) is 4. The van der Waals surface area contributed by atoms with Crippen LogP contribution >= 0.6 is 0 Å². The quantitative estimate of drug-likeness (QED) is 0.784. The number of fused-ring (bicyclic) bond motifs is 1. The first-order valence-corrected chi connectivity index (χ1v) is 7.50. The normalized spacial score (nSPS) is 11.1. The van der Waals surface area contributed by atoms with Crippen molar-refractivity contribution < 1.29 is 18.3 Å². The minimum Gasteiger partial charge on any atom is -0.495 e. The molecule has 3 aromatic rings. The van der Waals surface area contributed by atoms with Crippen LogP contribution in [0.1, 0.15) is 33.7 Å². The van der Waals surface area contributed by atoms with Crippen molar-refractivity contribution in [3.8, 4) is 5.75 Å². The molecule has 1 N–H and O–H groups in total. The molecule has 0 saturated carbocycles. The maximum atomic E-state index is 13.2. The van der Waals surface area contributed by atoms with Crippen molar-refractivity contribution in [3.63, 3.8) is 0 Å². The zero-order chi connectivity index (χ0) is 18.1. The molecule has 0 aliphatic rings. The number of anilines is 1. The Labute approximate surface area is 142 Å². The smallest absolute Gasteiger partial charge is 0.280 e. The first-order chi connectivity index (χ1) is 11.9. The van der Waals surface area contributed by atoms with Crippen molar-refractivity contribution >= 4 is 17.2 Å². The van der Waals surface area contributed by atoms with E-state index < -0.39 is 12.3 Å². The van der Waals surface area contributed by atoms with Gasteiger partial charge in [-0.15, -0.1) is 0 Å². The van der Waals surface area contributed by atoms with Crippen molar-refractivity contribution in [2.45, 2.75) is 20.3 Å². The van der Waals surface area contributed by atoms with Crippen molar-refractivity contribution in [3.05, 3.63) is 53.0 Å². The monoisotopic (exact) mass is 346 g/mol. The first kappa shape index (κ1) is 16.8. The lowest BCUT2D eigenvalue weighted by atomic mass is 10.2. The second-order valence-corrected chi connectivity index (χ2v) is 5.57. The highest BCUT2D eigenvalue weighted by Crippen LogP contribution is 2.27. The average molecular weight is 346 g/mol. The van der Waals surface area contributed by atoms with E-state index in [2.05, 4.69) is 15.4 Å². The van der Waals surface area contributed by atoms with Crippen LogP contribution in [0.3, 0.4) is 0 Å². The summed E-state index contributed by atoms with van der Waals surface area (Å²) in [5.41, 5.74) is 1.67. The number of aromatic nitrogens is 3. The molecule has 0 aliphatic heterocycles. The Bertz CT molecular complexity index is 953. The number of halogens is 2. The van der Waals surface area contributed by atoms with Gasteiger partial charge in [0.05, 0.1) is 19.0 Å². The lowest BCUT2D eigenvalue weighted by molar-refractivity contribution is 0.102. The molecule has 0 saturated heterocycles. The molecule has 0 fully saturated rings. The van der Waals surface area contributed by atoms with Crippen molar-refractivity contribution in [2.75, 3.05) is 12.4 Å². The standard InChI is InChI=1S/C17H16F2N4O2/c1-9-4-5-14(25-3)12(6-9)22-17(24)11-8-20-23-13(15(18)19)7-10(2)21-16(11)23/h4-8,15H,1-3H3,(H,22,24). The average Bonchev–Trinajstić information content (AvgIpc) is 2.97. The number of nitrogens with one attached hydrogen (secondary N) is 1. The summed E-state index contributed by atoms with van der Waals surface area (Å²) in [6.45, 7) is 3.47. The molecular formula is C17H16F2N4O2. The largest absolute Gasteiger partial charge is 0.495 e. The third kappa shape index (κ3) is 3.15. The maximum absolute atomic E-state index is 13.2. The fourth-order valence-corrected chi connectivity index (χ4v) is 2.54. The van der Waals surface area contributed by atoms with E-state index in [4.69, 9.17) is 4.74 Å². The molecule has 1 amide bonds. The zero-order valence-corrected chi connectivity index (χ0v) is 13.9. The molecule has 8 heteroatoms. The zero-order valence-electron chi connectivity index (χ0n) is 13.9. The Hall–Kier alpha value is -3.03. The number of carbonyl (C=O) groups excluding carboxylic acids is 1. The molecule has 1 aromatic carbocycles. The lowest BCUT2D eigenvalue weighted by Gasteiger charge is -2.10. The van der Waals surface area contributed by atoms with Crippen LogP contribution in [0, 0.1) is 13.8 Å². The van der Waals surface area contributed by atoms with E-state index in [-0.39, 0.29) is 16.9 Å². The number of aryl methyl sites for hydroxylation is 2. The van der Waals surface area contributed by atoms with Gasteiger partial charge in [-0.05, 0) is 37.6 Å². The minimum atomic E-state index is -2.73. The van der Waals surface area contributed by atoms with Gasteiger partial charge in [0.15, 0.2) is 5.65 Å². The van der Waals surface area contributed by atoms with Crippen molar-refractivity contribution in [1.29, 1.82) is 0 Å². The number of ether oxygens (including phenoxy) is 1. The van der Waals surface area contributed by atoms with E-state index >= 15 is 0 Å². The molecule has 0 spiro atoms. The number of amides is 1. The molecule has 25 heavy (non-hydrogen) atoms. The summed E-state index contributed by atoms with van der Waals surface area (Å²) in [5, 5.41) is 6.61. The summed E-state index contributed by atoms with van der Waals surface area (Å²) < 4.78 is 32.6. The number of methoxy groups -OCH3 is 1. The lowest BCUT2D eigenvalue weighted by Crippen LogP contribution is -2.13. The highest BCUT2D eigenvalue weighted by Gasteiger charge is 2.21. The maximum Gasteiger partial charge on any atom is 0.280 e. The minimum absolute atomic E-state index is 0.0828. The van der Waals surface area contributed by atoms with Gasteiger partial charge < -0.3 is 10.1 Å². The second-order valence-electron chi connectivity index (χ2n) is 5.57. The van der Waals surface area contributed by atoms with Gasteiger partial charge in [0.1, 0.15) is 17.0 Å². The van der Waals surface area contributed by atoms with Crippen LogP contribution in [0.15, 0.2) is 30.5 Å². The number of benzene rings is 1. The molecule has 130 valence electrons. The van der Waals surface area contributed by atoms with E-state index in [0.29, 0.717) is 17.1 Å². The molecule has 0 bridgehead atoms. The van der Waals surface area contributed by atoms with Crippen LogP contribution in [0.25, 0.3) is 5.65 Å². The van der Waals surface area contributed by atoms with E-state index in [1.807, 2.05) is 13.0 Å².